The van der Waals surface area contributed by atoms with Crippen molar-refractivity contribution in [3.63, 3.8) is 0 Å². The first kappa shape index (κ1) is 22.4. The molecule has 5 heteroatoms. The minimum Gasteiger partial charge on any atom is -0.300 e. The van der Waals surface area contributed by atoms with Crippen LogP contribution in [0.15, 0.2) is 67.3 Å². The normalized spacial score (nSPS) is 24.9. The molecular weight excluding hydrogens is 523 g/mol. The van der Waals surface area contributed by atoms with Crippen LogP contribution < -0.4 is 16.4 Å². The van der Waals surface area contributed by atoms with E-state index in [1.54, 1.807) is 33.2 Å². The summed E-state index contributed by atoms with van der Waals surface area (Å²) in [5, 5.41) is 0. The number of benzene rings is 4. The molecule has 2 aliphatic heterocycles. The Morgan fingerprint density at radius 3 is 1.53 bits per heavy atom. The smallest absolute Gasteiger partial charge is 0.253 e. The predicted molar refractivity (Wildman–Crippen MR) is 174 cm³/mol. The van der Waals surface area contributed by atoms with Crippen LogP contribution in [0.25, 0.3) is 44.6 Å². The molecule has 0 spiro atoms. The van der Waals surface area contributed by atoms with Gasteiger partial charge in [-0.05, 0) is 149 Å². The quantitative estimate of drug-likeness (QED) is 0.212. The molecule has 0 radical (unpaired) electrons. The third kappa shape index (κ3) is 2.57. The molecule has 2 aromatic heterocycles. The molecule has 206 valence electrons. The Labute approximate surface area is 250 Å². The number of rotatable bonds is 1. The molecule has 43 heavy (non-hydrogen) atoms. The van der Waals surface area contributed by atoms with E-state index in [4.69, 9.17) is 9.97 Å². The third-order valence-electron chi connectivity index (χ3n) is 12.7. The van der Waals surface area contributed by atoms with Crippen LogP contribution in [0.5, 0.6) is 0 Å². The van der Waals surface area contributed by atoms with Crippen LogP contribution in [0.1, 0.15) is 97.3 Å². The van der Waals surface area contributed by atoms with Gasteiger partial charge in [0.15, 0.2) is 0 Å². The van der Waals surface area contributed by atoms with Gasteiger partial charge in [-0.1, -0.05) is 30.3 Å². The largest absolute Gasteiger partial charge is 0.300 e. The Balaban J connectivity index is 1.29. The molecule has 0 saturated heterocycles. The van der Waals surface area contributed by atoms with Crippen LogP contribution in [0, 0.1) is 0 Å². The van der Waals surface area contributed by atoms with Crippen molar-refractivity contribution in [1.29, 1.82) is 0 Å². The summed E-state index contributed by atoms with van der Waals surface area (Å²) in [5.41, 5.74) is 21.6. The zero-order valence-corrected chi connectivity index (χ0v) is 24.2. The van der Waals surface area contributed by atoms with Crippen molar-refractivity contribution >= 4 is 45.2 Å². The molecular formula is C38H31BN4. The molecule has 4 aromatic carbocycles. The minimum atomic E-state index is 0.247. The molecule has 2 saturated carbocycles. The molecule has 0 unspecified atom stereocenters. The highest BCUT2D eigenvalue weighted by molar-refractivity contribution is 7.00. The maximum Gasteiger partial charge on any atom is 0.253 e. The molecule has 6 aliphatic carbocycles. The van der Waals surface area contributed by atoms with Gasteiger partial charge in [-0.3, -0.25) is 9.13 Å². The van der Waals surface area contributed by atoms with Gasteiger partial charge in [0, 0.05) is 11.4 Å². The van der Waals surface area contributed by atoms with Crippen molar-refractivity contribution in [1.82, 2.24) is 19.1 Å². The summed E-state index contributed by atoms with van der Waals surface area (Å²) in [6, 6.07) is 20.8. The summed E-state index contributed by atoms with van der Waals surface area (Å²) in [6.07, 6.45) is 15.0. The van der Waals surface area contributed by atoms with E-state index in [-0.39, 0.29) is 6.71 Å². The summed E-state index contributed by atoms with van der Waals surface area (Å²) in [4.78, 5) is 10.3. The molecule has 4 bridgehead atoms. The highest BCUT2D eigenvalue weighted by atomic mass is 15.1. The van der Waals surface area contributed by atoms with Crippen molar-refractivity contribution in [3.05, 3.63) is 89.5 Å². The van der Waals surface area contributed by atoms with E-state index in [1.807, 2.05) is 0 Å². The summed E-state index contributed by atoms with van der Waals surface area (Å²) >= 11 is 0. The average molecular weight is 555 g/mol. The summed E-state index contributed by atoms with van der Waals surface area (Å²) in [5.74, 6) is 2.74. The fourth-order valence-electron chi connectivity index (χ4n) is 11.0. The molecule has 0 atom stereocenters. The molecule has 0 amide bonds. The van der Waals surface area contributed by atoms with Crippen LogP contribution >= 0.6 is 0 Å². The van der Waals surface area contributed by atoms with Crippen molar-refractivity contribution in [2.75, 3.05) is 0 Å². The lowest BCUT2D eigenvalue weighted by atomic mass is 9.31. The van der Waals surface area contributed by atoms with Gasteiger partial charge in [-0.2, -0.15) is 0 Å². The Bertz CT molecular complexity index is 2090. The van der Waals surface area contributed by atoms with E-state index < -0.39 is 0 Å². The lowest BCUT2D eigenvalue weighted by Crippen LogP contribution is -2.62. The van der Waals surface area contributed by atoms with E-state index in [0.717, 1.165) is 0 Å². The van der Waals surface area contributed by atoms with Crippen LogP contribution in [-0.4, -0.2) is 25.8 Å². The predicted octanol–water partition coefficient (Wildman–Crippen LogP) is 6.68. The number of aromatic nitrogens is 4. The molecule has 8 aliphatic rings. The number of hydrogen-bond acceptors (Lipinski definition) is 2. The van der Waals surface area contributed by atoms with Gasteiger partial charge in [-0.15, -0.1) is 0 Å². The van der Waals surface area contributed by atoms with Crippen LogP contribution in [0.3, 0.4) is 0 Å². The first-order valence-corrected chi connectivity index (χ1v) is 16.6. The molecule has 4 nitrogen and oxygen atoms in total. The molecule has 6 aromatic rings. The topological polar surface area (TPSA) is 35.6 Å². The second-order valence-corrected chi connectivity index (χ2v) is 14.4. The lowest BCUT2D eigenvalue weighted by Gasteiger charge is -2.45. The second kappa shape index (κ2) is 7.50. The summed E-state index contributed by atoms with van der Waals surface area (Å²) in [7, 11) is 0. The van der Waals surface area contributed by atoms with E-state index in [1.165, 1.54) is 101 Å². The van der Waals surface area contributed by atoms with Gasteiger partial charge in [0.1, 0.15) is 12.7 Å². The number of fused-ring (bicyclic) bond motifs is 8. The van der Waals surface area contributed by atoms with E-state index in [9.17, 15) is 0 Å². The Kier molecular flexibility index (Phi) is 3.91. The van der Waals surface area contributed by atoms with Crippen LogP contribution in [0.2, 0.25) is 0 Å². The van der Waals surface area contributed by atoms with Crippen molar-refractivity contribution in [2.24, 2.45) is 0 Å². The highest BCUT2D eigenvalue weighted by Gasteiger charge is 2.48. The van der Waals surface area contributed by atoms with E-state index >= 15 is 0 Å². The molecule has 0 N–H and O–H groups in total. The second-order valence-electron chi connectivity index (χ2n) is 14.4. The van der Waals surface area contributed by atoms with Crippen molar-refractivity contribution in [2.45, 2.75) is 75.0 Å². The molecule has 4 heterocycles. The van der Waals surface area contributed by atoms with E-state index in [2.05, 4.69) is 76.4 Å². The maximum atomic E-state index is 5.16. The minimum absolute atomic E-state index is 0.247. The van der Waals surface area contributed by atoms with Crippen LogP contribution in [0.4, 0.5) is 0 Å². The fourth-order valence-corrected chi connectivity index (χ4v) is 11.0. The number of nitrogens with zero attached hydrogens (tertiary/aromatic N) is 4. The summed E-state index contributed by atoms with van der Waals surface area (Å²) in [6.45, 7) is 0.247. The van der Waals surface area contributed by atoms with Gasteiger partial charge in [0.2, 0.25) is 0 Å². The molecule has 2 fully saturated rings. The van der Waals surface area contributed by atoms with Gasteiger partial charge < -0.3 is 0 Å². The monoisotopic (exact) mass is 554 g/mol. The number of imidazole rings is 2. The zero-order chi connectivity index (χ0) is 27.6. The standard InChI is InChI=1S/C38H31BN4/c1-2-4-20(5-3-1)25-14-30-34-31(15-25)43-19-41-29-17-27-22-8-12-24(13-9-22)33(27)36(38(29)43)39(34)35-32-23-10-6-21(7-11-23)26(32)16-28-37(35)42(30)18-40-28/h1-5,14-19,21-24H,6-13H2. The lowest BCUT2D eigenvalue weighted by molar-refractivity contribution is 0.360. The van der Waals surface area contributed by atoms with Crippen molar-refractivity contribution < 1.29 is 0 Å². The summed E-state index contributed by atoms with van der Waals surface area (Å²) < 4.78 is 4.94. The SMILES string of the molecule is c1ccc(-c2cc3c4c(c2)-n2cnc5cc6c(c(c52)B4c2c4c(cc5ncn-3c25)C2CCC4CC2)C2CCC6CC2)cc1. The third-order valence-corrected chi connectivity index (χ3v) is 12.7. The fraction of sp³-hybridized carbons (Fsp3) is 0.316. The van der Waals surface area contributed by atoms with Gasteiger partial charge in [0.05, 0.1) is 22.1 Å². The van der Waals surface area contributed by atoms with Gasteiger partial charge in [0.25, 0.3) is 6.71 Å². The molecule has 14 rings (SSSR count). The maximum absolute atomic E-state index is 5.16. The first-order valence-electron chi connectivity index (χ1n) is 16.6. The van der Waals surface area contributed by atoms with Crippen LogP contribution in [-0.2, 0) is 0 Å². The average Bonchev–Trinajstić information content (AvgIpc) is 3.70. The zero-order valence-electron chi connectivity index (χ0n) is 24.2. The van der Waals surface area contributed by atoms with Crippen molar-refractivity contribution in [3.8, 4) is 22.5 Å². The Morgan fingerprint density at radius 1 is 0.535 bits per heavy atom. The first-order chi connectivity index (χ1) is 21.3. The highest BCUT2D eigenvalue weighted by Crippen LogP contribution is 2.52. The van der Waals surface area contributed by atoms with Gasteiger partial charge in [-0.25, -0.2) is 9.97 Å². The Hall–Kier alpha value is -4.12. The number of hydrogen-bond donors (Lipinski definition) is 0. The van der Waals surface area contributed by atoms with E-state index in [0.29, 0.717) is 23.7 Å². The Morgan fingerprint density at radius 2 is 1.02 bits per heavy atom. The van der Waals surface area contributed by atoms with Gasteiger partial charge >= 0.3 is 0 Å².